The molecule has 0 aliphatic rings. The minimum atomic E-state index is -0.485. The lowest BCUT2D eigenvalue weighted by Crippen LogP contribution is -2.27. The summed E-state index contributed by atoms with van der Waals surface area (Å²) < 4.78 is 0. The Labute approximate surface area is 83.6 Å². The number of nitriles is 1. The van der Waals surface area contributed by atoms with Gasteiger partial charge in [0.05, 0.1) is 0 Å². The number of amides is 1. The summed E-state index contributed by atoms with van der Waals surface area (Å²) in [6.07, 6.45) is 0.782. The quantitative estimate of drug-likeness (QED) is 0.669. The fourth-order valence-electron chi connectivity index (χ4n) is 1.13. The second kappa shape index (κ2) is 5.03. The predicted octanol–water partition coefficient (Wildman–Crippen LogP) is 1.21. The summed E-state index contributed by atoms with van der Waals surface area (Å²) in [6, 6.07) is 11.5. The number of hydrogen-bond acceptors (Lipinski definition) is 2. The third-order valence-corrected chi connectivity index (χ3v) is 2.02. The molecule has 0 heterocycles. The maximum absolute atomic E-state index is 10.9. The van der Waals surface area contributed by atoms with Crippen LogP contribution in [0.5, 0.6) is 0 Å². The van der Waals surface area contributed by atoms with Crippen LogP contribution in [-0.4, -0.2) is 24.4 Å². The van der Waals surface area contributed by atoms with Crippen LogP contribution in [0.15, 0.2) is 30.3 Å². The molecule has 0 aliphatic heterocycles. The highest BCUT2D eigenvalue weighted by Crippen LogP contribution is 2.00. The average Bonchev–Trinajstić information content (AvgIpc) is 2.26. The Balaban J connectivity index is 2.43. The van der Waals surface area contributed by atoms with Crippen LogP contribution >= 0.6 is 0 Å². The van der Waals surface area contributed by atoms with E-state index in [4.69, 9.17) is 5.26 Å². The highest BCUT2D eigenvalue weighted by Gasteiger charge is 2.05. The fourth-order valence-corrected chi connectivity index (χ4v) is 1.13. The molecule has 0 bridgehead atoms. The van der Waals surface area contributed by atoms with Gasteiger partial charge in [-0.25, -0.2) is 0 Å². The third-order valence-electron chi connectivity index (χ3n) is 2.02. The standard InChI is InChI=1S/C11H12N2O/c1-13(11(14)9-12)8-7-10-5-3-2-4-6-10/h2-6H,7-8H2,1H3. The molecular weight excluding hydrogens is 176 g/mol. The summed E-state index contributed by atoms with van der Waals surface area (Å²) in [5, 5.41) is 8.36. The molecule has 0 fully saturated rings. The van der Waals surface area contributed by atoms with E-state index in [2.05, 4.69) is 0 Å². The number of benzene rings is 1. The van der Waals surface area contributed by atoms with Crippen LogP contribution in [0.25, 0.3) is 0 Å². The largest absolute Gasteiger partial charge is 0.333 e. The smallest absolute Gasteiger partial charge is 0.324 e. The van der Waals surface area contributed by atoms with E-state index in [1.807, 2.05) is 30.3 Å². The Kier molecular flexibility index (Phi) is 3.69. The van der Waals surface area contributed by atoms with E-state index in [-0.39, 0.29) is 0 Å². The van der Waals surface area contributed by atoms with Crippen LogP contribution in [0.3, 0.4) is 0 Å². The van der Waals surface area contributed by atoms with Crippen molar-refractivity contribution in [3.05, 3.63) is 35.9 Å². The number of rotatable bonds is 3. The summed E-state index contributed by atoms with van der Waals surface area (Å²) >= 11 is 0. The fraction of sp³-hybridized carbons (Fsp3) is 0.273. The maximum atomic E-state index is 10.9. The second-order valence-electron chi connectivity index (χ2n) is 3.07. The van der Waals surface area contributed by atoms with Crippen molar-refractivity contribution in [1.29, 1.82) is 5.26 Å². The molecule has 3 heteroatoms. The first-order chi connectivity index (χ1) is 6.74. The van der Waals surface area contributed by atoms with Gasteiger partial charge in [0.15, 0.2) is 6.07 Å². The molecule has 0 aliphatic carbocycles. The minimum absolute atomic E-state index is 0.485. The van der Waals surface area contributed by atoms with Crippen LogP contribution in [0.2, 0.25) is 0 Å². The van der Waals surface area contributed by atoms with Crippen molar-refractivity contribution in [2.45, 2.75) is 6.42 Å². The monoisotopic (exact) mass is 188 g/mol. The van der Waals surface area contributed by atoms with Crippen molar-refractivity contribution in [1.82, 2.24) is 4.90 Å². The van der Waals surface area contributed by atoms with Gasteiger partial charge >= 0.3 is 5.91 Å². The summed E-state index contributed by atoms with van der Waals surface area (Å²) in [5.74, 6) is -0.485. The Bertz CT molecular complexity index is 340. The first-order valence-corrected chi connectivity index (χ1v) is 4.43. The molecule has 0 saturated heterocycles. The Morgan fingerprint density at radius 3 is 2.64 bits per heavy atom. The van der Waals surface area contributed by atoms with Crippen molar-refractivity contribution in [2.75, 3.05) is 13.6 Å². The van der Waals surface area contributed by atoms with Gasteiger partial charge in [-0.15, -0.1) is 0 Å². The lowest BCUT2D eigenvalue weighted by molar-refractivity contribution is -0.124. The first-order valence-electron chi connectivity index (χ1n) is 4.43. The highest BCUT2D eigenvalue weighted by atomic mass is 16.2. The van der Waals surface area contributed by atoms with E-state index in [9.17, 15) is 4.79 Å². The van der Waals surface area contributed by atoms with Gasteiger partial charge in [0, 0.05) is 13.6 Å². The van der Waals surface area contributed by atoms with Gasteiger partial charge in [-0.2, -0.15) is 5.26 Å². The van der Waals surface area contributed by atoms with Crippen LogP contribution in [0, 0.1) is 11.3 Å². The van der Waals surface area contributed by atoms with Crippen molar-refractivity contribution in [3.8, 4) is 6.07 Å². The predicted molar refractivity (Wildman–Crippen MR) is 53.4 cm³/mol. The highest BCUT2D eigenvalue weighted by molar-refractivity contribution is 5.90. The van der Waals surface area contributed by atoms with Crippen molar-refractivity contribution < 1.29 is 4.79 Å². The number of nitrogens with zero attached hydrogens (tertiary/aromatic N) is 2. The van der Waals surface area contributed by atoms with Gasteiger partial charge < -0.3 is 4.90 Å². The van der Waals surface area contributed by atoms with E-state index >= 15 is 0 Å². The molecule has 0 spiro atoms. The third kappa shape index (κ3) is 2.91. The van der Waals surface area contributed by atoms with Crippen LogP contribution in [0.4, 0.5) is 0 Å². The van der Waals surface area contributed by atoms with E-state index < -0.39 is 5.91 Å². The zero-order valence-corrected chi connectivity index (χ0v) is 8.10. The first kappa shape index (κ1) is 10.3. The number of carbonyl (C=O) groups is 1. The zero-order chi connectivity index (χ0) is 10.4. The SMILES string of the molecule is CN(CCc1ccccc1)C(=O)C#N. The molecule has 3 nitrogen and oxygen atoms in total. The van der Waals surface area contributed by atoms with Gasteiger partial charge in [0.25, 0.3) is 0 Å². The molecule has 1 aromatic carbocycles. The Morgan fingerprint density at radius 1 is 1.43 bits per heavy atom. The molecule has 0 atom stereocenters. The summed E-state index contributed by atoms with van der Waals surface area (Å²) in [5.41, 5.74) is 1.17. The number of carbonyl (C=O) groups excluding carboxylic acids is 1. The average molecular weight is 188 g/mol. The summed E-state index contributed by atoms with van der Waals surface area (Å²) in [4.78, 5) is 12.3. The Morgan fingerprint density at radius 2 is 2.07 bits per heavy atom. The van der Waals surface area contributed by atoms with Gasteiger partial charge in [0.1, 0.15) is 0 Å². The van der Waals surface area contributed by atoms with Crippen molar-refractivity contribution in [3.63, 3.8) is 0 Å². The van der Waals surface area contributed by atoms with E-state index in [1.54, 1.807) is 13.1 Å². The molecule has 0 saturated carbocycles. The molecule has 0 unspecified atom stereocenters. The maximum Gasteiger partial charge on any atom is 0.324 e. The lowest BCUT2D eigenvalue weighted by Gasteiger charge is -2.12. The number of likely N-dealkylation sites (N-methyl/N-ethyl adjacent to an activating group) is 1. The molecule has 0 aromatic heterocycles. The second-order valence-corrected chi connectivity index (χ2v) is 3.07. The van der Waals surface area contributed by atoms with Gasteiger partial charge in [-0.3, -0.25) is 4.79 Å². The Hall–Kier alpha value is -1.82. The molecular formula is C11H12N2O. The summed E-state index contributed by atoms with van der Waals surface area (Å²) in [7, 11) is 1.63. The zero-order valence-electron chi connectivity index (χ0n) is 8.10. The lowest BCUT2D eigenvalue weighted by atomic mass is 10.1. The molecule has 0 radical (unpaired) electrons. The number of hydrogen-bond donors (Lipinski definition) is 0. The molecule has 1 rings (SSSR count). The summed E-state index contributed by atoms with van der Waals surface area (Å²) in [6.45, 7) is 0.580. The normalized spacial score (nSPS) is 9.14. The minimum Gasteiger partial charge on any atom is -0.333 e. The van der Waals surface area contributed by atoms with Crippen LogP contribution in [-0.2, 0) is 11.2 Å². The molecule has 1 amide bonds. The van der Waals surface area contributed by atoms with Crippen molar-refractivity contribution in [2.24, 2.45) is 0 Å². The van der Waals surface area contributed by atoms with Gasteiger partial charge in [0.2, 0.25) is 0 Å². The topological polar surface area (TPSA) is 44.1 Å². The van der Waals surface area contributed by atoms with Crippen molar-refractivity contribution >= 4 is 5.91 Å². The van der Waals surface area contributed by atoms with E-state index in [0.717, 1.165) is 6.42 Å². The molecule has 72 valence electrons. The molecule has 1 aromatic rings. The van der Waals surface area contributed by atoms with E-state index in [0.29, 0.717) is 6.54 Å². The van der Waals surface area contributed by atoms with E-state index in [1.165, 1.54) is 10.5 Å². The van der Waals surface area contributed by atoms with Gasteiger partial charge in [-0.1, -0.05) is 30.3 Å². The van der Waals surface area contributed by atoms with Crippen LogP contribution < -0.4 is 0 Å². The molecule has 14 heavy (non-hydrogen) atoms. The van der Waals surface area contributed by atoms with Crippen LogP contribution in [0.1, 0.15) is 5.56 Å². The van der Waals surface area contributed by atoms with Gasteiger partial charge in [-0.05, 0) is 12.0 Å². The molecule has 0 N–H and O–H groups in total.